The summed E-state index contributed by atoms with van der Waals surface area (Å²) in [4.78, 5) is 0. The molecule has 1 rings (SSSR count). The summed E-state index contributed by atoms with van der Waals surface area (Å²) in [6, 6.07) is 0.359. The predicted molar refractivity (Wildman–Crippen MR) is 43.8 cm³/mol. The largest absolute Gasteiger partial charge is 0.408 e. The maximum atomic E-state index is 8.84. The Balaban J connectivity index is 2.50. The van der Waals surface area contributed by atoms with Crippen LogP contribution in [0, 0.1) is 6.92 Å². The van der Waals surface area contributed by atoms with Crippen LogP contribution in [0.2, 0.25) is 0 Å². The highest BCUT2D eigenvalue weighted by Crippen LogP contribution is 2.06. The van der Waals surface area contributed by atoms with Gasteiger partial charge in [-0.2, -0.15) is 0 Å². The van der Waals surface area contributed by atoms with Gasteiger partial charge in [0.15, 0.2) is 0 Å². The lowest BCUT2D eigenvalue weighted by Gasteiger charge is -2.10. The Kier molecular flexibility index (Phi) is 3.04. The summed E-state index contributed by atoms with van der Waals surface area (Å²) in [6.45, 7) is 3.76. The molecule has 1 atom stereocenters. The van der Waals surface area contributed by atoms with Crippen LogP contribution in [-0.2, 0) is 0 Å². The minimum absolute atomic E-state index is 0.00940. The van der Waals surface area contributed by atoms with Crippen LogP contribution in [0.25, 0.3) is 0 Å². The van der Waals surface area contributed by atoms with Gasteiger partial charge < -0.3 is 14.8 Å². The van der Waals surface area contributed by atoms with E-state index in [1.807, 2.05) is 6.92 Å². The van der Waals surface area contributed by atoms with Gasteiger partial charge in [-0.05, 0) is 6.42 Å². The van der Waals surface area contributed by atoms with Crippen molar-refractivity contribution in [2.24, 2.45) is 0 Å². The summed E-state index contributed by atoms with van der Waals surface area (Å²) in [5.74, 6) is 0.519. The summed E-state index contributed by atoms with van der Waals surface area (Å²) >= 11 is 0. The number of hydrogen-bond acceptors (Lipinski definition) is 5. The van der Waals surface area contributed by atoms with Gasteiger partial charge in [0.25, 0.3) is 0 Å². The zero-order valence-electron chi connectivity index (χ0n) is 7.24. The Morgan fingerprint density at radius 1 is 1.58 bits per heavy atom. The fraction of sp³-hybridized carbons (Fsp3) is 0.714. The number of aryl methyl sites for hydroxylation is 1. The molecular weight excluding hydrogens is 158 g/mol. The molecule has 0 aromatic carbocycles. The quantitative estimate of drug-likeness (QED) is 0.692. The van der Waals surface area contributed by atoms with E-state index in [1.54, 1.807) is 6.92 Å². The highest BCUT2D eigenvalue weighted by molar-refractivity contribution is 5.18. The Labute approximate surface area is 70.8 Å². The molecule has 5 heteroatoms. The molecule has 0 aliphatic rings. The lowest BCUT2D eigenvalue weighted by atomic mass is 10.2. The standard InChI is InChI=1S/C7H13N3O2/c1-3-6(4-11)8-7-10-9-5(2)12-7/h6,11H,3-4H2,1-2H3,(H,8,10)/t6-/m1/s1. The molecule has 5 nitrogen and oxygen atoms in total. The van der Waals surface area contributed by atoms with Gasteiger partial charge in [-0.3, -0.25) is 0 Å². The van der Waals surface area contributed by atoms with Gasteiger partial charge in [0, 0.05) is 6.92 Å². The molecule has 68 valence electrons. The number of hydrogen-bond donors (Lipinski definition) is 2. The topological polar surface area (TPSA) is 71.2 Å². The van der Waals surface area contributed by atoms with Gasteiger partial charge in [0.2, 0.25) is 5.89 Å². The molecule has 12 heavy (non-hydrogen) atoms. The SMILES string of the molecule is CC[C@H](CO)Nc1nnc(C)o1. The number of aliphatic hydroxyl groups is 1. The molecule has 0 aliphatic carbocycles. The third-order valence-corrected chi connectivity index (χ3v) is 1.57. The molecule has 0 aliphatic heterocycles. The molecule has 1 aromatic rings. The van der Waals surface area contributed by atoms with Gasteiger partial charge >= 0.3 is 6.01 Å². The zero-order valence-corrected chi connectivity index (χ0v) is 7.24. The lowest BCUT2D eigenvalue weighted by molar-refractivity contribution is 0.269. The fourth-order valence-corrected chi connectivity index (χ4v) is 0.806. The monoisotopic (exact) mass is 171 g/mol. The van der Waals surface area contributed by atoms with Crippen molar-refractivity contribution in [3.8, 4) is 0 Å². The number of nitrogens with zero attached hydrogens (tertiary/aromatic N) is 2. The van der Waals surface area contributed by atoms with Crippen molar-refractivity contribution in [1.29, 1.82) is 0 Å². The summed E-state index contributed by atoms with van der Waals surface area (Å²) < 4.78 is 5.07. The Morgan fingerprint density at radius 2 is 2.33 bits per heavy atom. The molecule has 0 spiro atoms. The van der Waals surface area contributed by atoms with Crippen molar-refractivity contribution in [1.82, 2.24) is 10.2 Å². The molecule has 1 aromatic heterocycles. The second kappa shape index (κ2) is 4.06. The van der Waals surface area contributed by atoms with E-state index in [4.69, 9.17) is 9.52 Å². The molecule has 0 amide bonds. The van der Waals surface area contributed by atoms with E-state index in [2.05, 4.69) is 15.5 Å². The van der Waals surface area contributed by atoms with E-state index in [-0.39, 0.29) is 12.6 Å². The second-order valence-electron chi connectivity index (χ2n) is 2.56. The van der Waals surface area contributed by atoms with Crippen LogP contribution in [0.3, 0.4) is 0 Å². The van der Waals surface area contributed by atoms with Crippen LogP contribution in [0.1, 0.15) is 19.2 Å². The van der Waals surface area contributed by atoms with Crippen molar-refractivity contribution in [2.45, 2.75) is 26.3 Å². The number of rotatable bonds is 4. The first-order valence-corrected chi connectivity index (χ1v) is 3.93. The van der Waals surface area contributed by atoms with Crippen molar-refractivity contribution in [3.05, 3.63) is 5.89 Å². The van der Waals surface area contributed by atoms with Crippen molar-refractivity contribution >= 4 is 6.01 Å². The Hall–Kier alpha value is -1.10. The van der Waals surface area contributed by atoms with Crippen molar-refractivity contribution in [3.63, 3.8) is 0 Å². The fourth-order valence-electron chi connectivity index (χ4n) is 0.806. The highest BCUT2D eigenvalue weighted by atomic mass is 16.4. The third kappa shape index (κ3) is 2.20. The maximum absolute atomic E-state index is 8.84. The van der Waals surface area contributed by atoms with E-state index in [0.717, 1.165) is 6.42 Å². The van der Waals surface area contributed by atoms with Gasteiger partial charge in [0.05, 0.1) is 12.6 Å². The Morgan fingerprint density at radius 3 is 2.75 bits per heavy atom. The molecule has 0 saturated carbocycles. The Bertz CT molecular complexity index is 232. The van der Waals surface area contributed by atoms with Crippen LogP contribution in [0.4, 0.5) is 6.01 Å². The number of anilines is 1. The first kappa shape index (κ1) is 8.99. The van der Waals surface area contributed by atoms with Crippen LogP contribution < -0.4 is 5.32 Å². The van der Waals surface area contributed by atoms with E-state index in [0.29, 0.717) is 11.9 Å². The smallest absolute Gasteiger partial charge is 0.315 e. The summed E-state index contributed by atoms with van der Waals surface area (Å²) in [7, 11) is 0. The molecule has 2 N–H and O–H groups in total. The molecule has 0 radical (unpaired) electrons. The van der Waals surface area contributed by atoms with Crippen LogP contribution in [0.5, 0.6) is 0 Å². The minimum atomic E-state index is -0.00940. The number of aromatic nitrogens is 2. The lowest BCUT2D eigenvalue weighted by Crippen LogP contribution is -2.22. The van der Waals surface area contributed by atoms with E-state index in [1.165, 1.54) is 0 Å². The molecule has 0 unspecified atom stereocenters. The normalized spacial score (nSPS) is 12.9. The van der Waals surface area contributed by atoms with E-state index >= 15 is 0 Å². The average Bonchev–Trinajstić information content (AvgIpc) is 2.47. The van der Waals surface area contributed by atoms with Crippen LogP contribution >= 0.6 is 0 Å². The van der Waals surface area contributed by atoms with Gasteiger partial charge in [-0.25, -0.2) is 0 Å². The highest BCUT2D eigenvalue weighted by Gasteiger charge is 2.07. The molecule has 0 fully saturated rings. The number of nitrogens with one attached hydrogen (secondary N) is 1. The van der Waals surface area contributed by atoms with Crippen LogP contribution in [-0.4, -0.2) is 28.0 Å². The van der Waals surface area contributed by atoms with E-state index < -0.39 is 0 Å². The van der Waals surface area contributed by atoms with Crippen molar-refractivity contribution < 1.29 is 9.52 Å². The first-order valence-electron chi connectivity index (χ1n) is 3.93. The van der Waals surface area contributed by atoms with E-state index in [9.17, 15) is 0 Å². The van der Waals surface area contributed by atoms with Gasteiger partial charge in [0.1, 0.15) is 0 Å². The summed E-state index contributed by atoms with van der Waals surface area (Å²) in [5, 5.41) is 19.1. The summed E-state index contributed by atoms with van der Waals surface area (Å²) in [6.07, 6.45) is 0.817. The van der Waals surface area contributed by atoms with Gasteiger partial charge in [-0.15, -0.1) is 5.10 Å². The van der Waals surface area contributed by atoms with Crippen LogP contribution in [0.15, 0.2) is 4.42 Å². The third-order valence-electron chi connectivity index (χ3n) is 1.57. The molecule has 0 bridgehead atoms. The zero-order chi connectivity index (χ0) is 8.97. The minimum Gasteiger partial charge on any atom is -0.408 e. The first-order chi connectivity index (χ1) is 5.76. The maximum Gasteiger partial charge on any atom is 0.315 e. The molecule has 0 saturated heterocycles. The molecular formula is C7H13N3O2. The molecule has 1 heterocycles. The average molecular weight is 171 g/mol. The predicted octanol–water partition coefficient (Wildman–Crippen LogP) is 0.561. The summed E-state index contributed by atoms with van der Waals surface area (Å²) in [5.41, 5.74) is 0. The second-order valence-corrected chi connectivity index (χ2v) is 2.56. The number of aliphatic hydroxyl groups excluding tert-OH is 1. The van der Waals surface area contributed by atoms with Crippen molar-refractivity contribution in [2.75, 3.05) is 11.9 Å². The van der Waals surface area contributed by atoms with Gasteiger partial charge in [-0.1, -0.05) is 12.0 Å².